The zero-order valence-corrected chi connectivity index (χ0v) is 19.2. The molecule has 9 heteroatoms. The molecule has 1 N–H and O–H groups in total. The summed E-state index contributed by atoms with van der Waals surface area (Å²) in [6.07, 6.45) is 9.05. The third kappa shape index (κ3) is 4.92. The molecule has 0 spiro atoms. The second-order valence-electron chi connectivity index (χ2n) is 7.49. The Morgan fingerprint density at radius 1 is 1.18 bits per heavy atom. The first-order valence-electron chi connectivity index (χ1n) is 10.5. The number of fused-ring (bicyclic) bond motifs is 1. The van der Waals surface area contributed by atoms with Gasteiger partial charge in [0.05, 0.1) is 30.3 Å². The van der Waals surface area contributed by atoms with E-state index in [0.717, 1.165) is 0 Å². The molecule has 2 aromatic heterocycles. The van der Waals surface area contributed by atoms with Gasteiger partial charge < -0.3 is 4.74 Å². The van der Waals surface area contributed by atoms with Gasteiger partial charge in [-0.3, -0.25) is 9.52 Å². The molecule has 0 aliphatic rings. The standard InChI is InChI=1S/C25H22N4O4S/c1-3-4-5-15-34(31,32)28-20-8-6-7-19(16-20)23-13-14-26-25-22(17-27-29(23)25)24(30)18-9-11-21(33-2)12-10-18/h1,6-14,16-17,28H,4-5,15H2,2H3. The number of ether oxygens (including phenoxy) is 1. The molecule has 0 unspecified atom stereocenters. The second kappa shape index (κ2) is 9.77. The fraction of sp³-hybridized carbons (Fsp3) is 0.160. The number of aromatic nitrogens is 3. The van der Waals surface area contributed by atoms with Gasteiger partial charge >= 0.3 is 0 Å². The number of carbonyl (C=O) groups is 1. The number of hydrogen-bond acceptors (Lipinski definition) is 6. The van der Waals surface area contributed by atoms with Crippen molar-refractivity contribution in [2.24, 2.45) is 0 Å². The van der Waals surface area contributed by atoms with Gasteiger partial charge in [0.2, 0.25) is 10.0 Å². The Balaban J connectivity index is 1.65. The third-order valence-corrected chi connectivity index (χ3v) is 6.54. The van der Waals surface area contributed by atoms with Crippen molar-refractivity contribution < 1.29 is 17.9 Å². The molecule has 172 valence electrons. The van der Waals surface area contributed by atoms with Crippen LogP contribution in [0.5, 0.6) is 5.75 Å². The number of nitrogens with one attached hydrogen (secondary N) is 1. The Labute approximate surface area is 197 Å². The van der Waals surface area contributed by atoms with Gasteiger partial charge in [0.1, 0.15) is 5.75 Å². The van der Waals surface area contributed by atoms with Crippen LogP contribution in [0.25, 0.3) is 16.9 Å². The first kappa shape index (κ1) is 23.0. The SMILES string of the molecule is C#CCCCS(=O)(=O)Nc1cccc(-c2ccnc3c(C(=O)c4ccc(OC)cc4)cnn23)c1. The van der Waals surface area contributed by atoms with Crippen LogP contribution in [0.4, 0.5) is 5.69 Å². The molecule has 2 heterocycles. The lowest BCUT2D eigenvalue weighted by Crippen LogP contribution is -2.16. The summed E-state index contributed by atoms with van der Waals surface area (Å²) >= 11 is 0. The third-order valence-electron chi connectivity index (χ3n) is 5.16. The Morgan fingerprint density at radius 2 is 1.97 bits per heavy atom. The van der Waals surface area contributed by atoms with Crippen LogP contribution < -0.4 is 9.46 Å². The maximum absolute atomic E-state index is 13.1. The zero-order chi connectivity index (χ0) is 24.1. The van der Waals surface area contributed by atoms with E-state index in [1.54, 1.807) is 66.4 Å². The van der Waals surface area contributed by atoms with Crippen LogP contribution in [-0.2, 0) is 10.0 Å². The lowest BCUT2D eigenvalue weighted by Gasteiger charge is -2.10. The van der Waals surface area contributed by atoms with Crippen molar-refractivity contribution >= 4 is 27.1 Å². The highest BCUT2D eigenvalue weighted by atomic mass is 32.2. The van der Waals surface area contributed by atoms with Crippen LogP contribution in [0.3, 0.4) is 0 Å². The quantitative estimate of drug-likeness (QED) is 0.225. The van der Waals surface area contributed by atoms with Crippen LogP contribution in [0.1, 0.15) is 28.8 Å². The smallest absolute Gasteiger partial charge is 0.232 e. The molecular formula is C25H22N4O4S. The van der Waals surface area contributed by atoms with E-state index in [4.69, 9.17) is 11.2 Å². The highest BCUT2D eigenvalue weighted by Crippen LogP contribution is 2.25. The van der Waals surface area contributed by atoms with Crippen molar-refractivity contribution in [3.63, 3.8) is 0 Å². The van der Waals surface area contributed by atoms with Crippen molar-refractivity contribution in [1.82, 2.24) is 14.6 Å². The molecule has 0 aliphatic heterocycles. The van der Waals surface area contributed by atoms with Crippen molar-refractivity contribution in [3.8, 4) is 29.4 Å². The summed E-state index contributed by atoms with van der Waals surface area (Å²) in [6.45, 7) is 0. The Kier molecular flexibility index (Phi) is 6.61. The van der Waals surface area contributed by atoms with E-state index in [-0.39, 0.29) is 11.5 Å². The van der Waals surface area contributed by atoms with Crippen LogP contribution in [0, 0.1) is 12.3 Å². The van der Waals surface area contributed by atoms with E-state index in [1.807, 2.05) is 6.07 Å². The fourth-order valence-electron chi connectivity index (χ4n) is 3.51. The van der Waals surface area contributed by atoms with E-state index in [2.05, 4.69) is 20.7 Å². The number of ketones is 1. The molecule has 0 saturated heterocycles. The van der Waals surface area contributed by atoms with Crippen LogP contribution in [-0.4, -0.2) is 41.7 Å². The number of sulfonamides is 1. The summed E-state index contributed by atoms with van der Waals surface area (Å²) in [5, 5.41) is 4.38. The number of carbonyl (C=O) groups excluding carboxylic acids is 1. The maximum atomic E-state index is 13.1. The number of methoxy groups -OCH3 is 1. The minimum Gasteiger partial charge on any atom is -0.497 e. The van der Waals surface area contributed by atoms with Gasteiger partial charge in [0.15, 0.2) is 11.4 Å². The summed E-state index contributed by atoms with van der Waals surface area (Å²) in [5.41, 5.74) is 3.04. The number of rotatable bonds is 9. The summed E-state index contributed by atoms with van der Waals surface area (Å²) in [6, 6.07) is 15.5. The molecule has 0 fully saturated rings. The van der Waals surface area contributed by atoms with Crippen LogP contribution in [0.2, 0.25) is 0 Å². The Hall–Kier alpha value is -4.16. The molecule has 0 saturated carbocycles. The molecule has 0 amide bonds. The predicted octanol–water partition coefficient (Wildman–Crippen LogP) is 3.79. The van der Waals surface area contributed by atoms with E-state index < -0.39 is 10.0 Å². The summed E-state index contributed by atoms with van der Waals surface area (Å²) in [4.78, 5) is 17.4. The van der Waals surface area contributed by atoms with Gasteiger partial charge in [-0.2, -0.15) is 5.10 Å². The molecule has 0 radical (unpaired) electrons. The molecule has 0 aliphatic carbocycles. The molecule has 4 rings (SSSR count). The van der Waals surface area contributed by atoms with Crippen molar-refractivity contribution in [3.05, 3.63) is 78.1 Å². The summed E-state index contributed by atoms with van der Waals surface area (Å²) in [7, 11) is -1.96. The molecule has 0 atom stereocenters. The van der Waals surface area contributed by atoms with E-state index in [1.165, 1.54) is 6.20 Å². The second-order valence-corrected chi connectivity index (χ2v) is 9.33. The molecule has 4 aromatic rings. The lowest BCUT2D eigenvalue weighted by molar-refractivity contribution is 0.104. The topological polar surface area (TPSA) is 103 Å². The number of anilines is 1. The van der Waals surface area contributed by atoms with Crippen molar-refractivity contribution in [2.75, 3.05) is 17.6 Å². The average molecular weight is 475 g/mol. The molecule has 0 bridgehead atoms. The number of terminal acetylenes is 1. The lowest BCUT2D eigenvalue weighted by atomic mass is 10.1. The maximum Gasteiger partial charge on any atom is 0.232 e. The number of unbranched alkanes of at least 4 members (excludes halogenated alkanes) is 1. The monoisotopic (exact) mass is 474 g/mol. The van der Waals surface area contributed by atoms with E-state index >= 15 is 0 Å². The largest absolute Gasteiger partial charge is 0.497 e. The van der Waals surface area contributed by atoms with Gasteiger partial charge in [-0.15, -0.1) is 12.3 Å². The highest BCUT2D eigenvalue weighted by Gasteiger charge is 2.18. The van der Waals surface area contributed by atoms with Crippen molar-refractivity contribution in [1.29, 1.82) is 0 Å². The Morgan fingerprint density at radius 3 is 2.71 bits per heavy atom. The van der Waals surface area contributed by atoms with Gasteiger partial charge in [-0.25, -0.2) is 17.9 Å². The number of hydrogen-bond donors (Lipinski definition) is 1. The van der Waals surface area contributed by atoms with Crippen LogP contribution >= 0.6 is 0 Å². The minimum atomic E-state index is -3.53. The number of benzene rings is 2. The Bertz CT molecular complexity index is 1490. The molecule has 8 nitrogen and oxygen atoms in total. The average Bonchev–Trinajstić information content (AvgIpc) is 3.28. The first-order valence-corrected chi connectivity index (χ1v) is 12.1. The molecule has 34 heavy (non-hydrogen) atoms. The van der Waals surface area contributed by atoms with E-state index in [9.17, 15) is 13.2 Å². The van der Waals surface area contributed by atoms with Gasteiger partial charge in [0, 0.05) is 29.4 Å². The van der Waals surface area contributed by atoms with Gasteiger partial charge in [0.25, 0.3) is 0 Å². The minimum absolute atomic E-state index is 0.0586. The number of nitrogens with zero attached hydrogens (tertiary/aromatic N) is 3. The first-order chi connectivity index (χ1) is 16.4. The predicted molar refractivity (Wildman–Crippen MR) is 130 cm³/mol. The van der Waals surface area contributed by atoms with Gasteiger partial charge in [-0.1, -0.05) is 12.1 Å². The zero-order valence-electron chi connectivity index (χ0n) is 18.4. The van der Waals surface area contributed by atoms with Crippen molar-refractivity contribution in [2.45, 2.75) is 12.8 Å². The van der Waals surface area contributed by atoms with Gasteiger partial charge in [-0.05, 0) is 48.9 Å². The molecular weight excluding hydrogens is 452 g/mol. The highest BCUT2D eigenvalue weighted by molar-refractivity contribution is 7.92. The molecule has 2 aromatic carbocycles. The fourth-order valence-corrected chi connectivity index (χ4v) is 4.62. The van der Waals surface area contributed by atoms with E-state index in [0.29, 0.717) is 52.3 Å². The normalized spacial score (nSPS) is 11.2. The summed E-state index contributed by atoms with van der Waals surface area (Å²) < 4.78 is 34.0. The summed E-state index contributed by atoms with van der Waals surface area (Å²) in [5.74, 6) is 2.82. The van der Waals surface area contributed by atoms with Crippen LogP contribution in [0.15, 0.2) is 67.0 Å².